The van der Waals surface area contributed by atoms with E-state index in [4.69, 9.17) is 4.74 Å². The highest BCUT2D eigenvalue weighted by atomic mass is 79.9. The van der Waals surface area contributed by atoms with Crippen LogP contribution in [0.2, 0.25) is 0 Å². The van der Waals surface area contributed by atoms with Crippen LogP contribution in [0.3, 0.4) is 0 Å². The maximum atomic E-state index is 12.6. The lowest BCUT2D eigenvalue weighted by molar-refractivity contribution is 0.0134. The van der Waals surface area contributed by atoms with Gasteiger partial charge in [-0.15, -0.1) is 0 Å². The maximum absolute atomic E-state index is 12.6. The molecular weight excluding hydrogens is 398 g/mol. The zero-order valence-corrected chi connectivity index (χ0v) is 15.4. The summed E-state index contributed by atoms with van der Waals surface area (Å²) in [4.78, 5) is 14.6. The van der Waals surface area contributed by atoms with Crippen LogP contribution < -0.4 is 0 Å². The Morgan fingerprint density at radius 2 is 1.62 bits per heavy atom. The van der Waals surface area contributed by atoms with E-state index in [9.17, 15) is 4.79 Å². The van der Waals surface area contributed by atoms with Crippen molar-refractivity contribution in [3.05, 3.63) is 32.2 Å². The molecule has 0 N–H and O–H groups in total. The van der Waals surface area contributed by atoms with Crippen LogP contribution in [0.25, 0.3) is 0 Å². The molecule has 3 aliphatic rings. The van der Waals surface area contributed by atoms with Crippen LogP contribution in [0.1, 0.15) is 50.4 Å². The molecule has 1 saturated heterocycles. The minimum atomic E-state index is -0.448. The maximum Gasteiger partial charge on any atom is 0.411 e. The molecule has 21 heavy (non-hydrogen) atoms. The molecule has 3 nitrogen and oxygen atoms in total. The van der Waals surface area contributed by atoms with Gasteiger partial charge in [-0.2, -0.15) is 0 Å². The van der Waals surface area contributed by atoms with E-state index in [0.717, 1.165) is 8.95 Å². The molecule has 2 heterocycles. The van der Waals surface area contributed by atoms with E-state index < -0.39 is 5.60 Å². The first-order chi connectivity index (χ1) is 9.78. The fraction of sp³-hybridized carbons (Fsp3) is 0.562. The first-order valence-electron chi connectivity index (χ1n) is 7.28. The SMILES string of the molecule is CC(C)(C)OC(=O)N1[C@@H]2c3cc(Br)c(Br)cc3[C@H]1[C@@H]1C[C@@H]12. The van der Waals surface area contributed by atoms with Crippen LogP contribution in [0.5, 0.6) is 0 Å². The number of hydrogen-bond acceptors (Lipinski definition) is 2. The quantitative estimate of drug-likeness (QED) is 0.584. The van der Waals surface area contributed by atoms with Crippen molar-refractivity contribution < 1.29 is 9.53 Å². The second-order valence-corrected chi connectivity index (χ2v) is 8.94. The summed E-state index contributed by atoms with van der Waals surface area (Å²) in [6.45, 7) is 5.76. The highest BCUT2D eigenvalue weighted by Gasteiger charge is 2.66. The molecule has 0 aromatic heterocycles. The van der Waals surface area contributed by atoms with Gasteiger partial charge in [0.1, 0.15) is 5.60 Å². The molecule has 1 saturated carbocycles. The van der Waals surface area contributed by atoms with Crippen LogP contribution in [0.15, 0.2) is 21.1 Å². The van der Waals surface area contributed by atoms with E-state index in [1.54, 1.807) is 0 Å². The molecule has 0 unspecified atom stereocenters. The number of nitrogens with zero attached hydrogens (tertiary/aromatic N) is 1. The zero-order valence-electron chi connectivity index (χ0n) is 12.2. The topological polar surface area (TPSA) is 29.5 Å². The molecule has 2 fully saturated rings. The lowest BCUT2D eigenvalue weighted by Gasteiger charge is -2.29. The molecule has 4 rings (SSSR count). The number of carbonyl (C=O) groups is 1. The molecule has 1 aromatic carbocycles. The largest absolute Gasteiger partial charge is 0.444 e. The minimum Gasteiger partial charge on any atom is -0.444 e. The van der Waals surface area contributed by atoms with Crippen LogP contribution in [-0.2, 0) is 4.74 Å². The second-order valence-electron chi connectivity index (χ2n) is 7.24. The summed E-state index contributed by atoms with van der Waals surface area (Å²) in [5.74, 6) is 1.26. The highest BCUT2D eigenvalue weighted by molar-refractivity contribution is 9.13. The average molecular weight is 415 g/mol. The third-order valence-electron chi connectivity index (χ3n) is 4.67. The van der Waals surface area contributed by atoms with E-state index in [-0.39, 0.29) is 18.2 Å². The van der Waals surface area contributed by atoms with Crippen molar-refractivity contribution in [1.29, 1.82) is 0 Å². The number of carbonyl (C=O) groups excluding carboxylic acids is 1. The number of fused-ring (bicyclic) bond motifs is 8. The predicted octanol–water partition coefficient (Wildman–Crippen LogP) is 5.19. The number of piperidine rings is 1. The molecule has 112 valence electrons. The Morgan fingerprint density at radius 1 is 1.14 bits per heavy atom. The van der Waals surface area contributed by atoms with Crippen molar-refractivity contribution in [1.82, 2.24) is 4.90 Å². The van der Waals surface area contributed by atoms with Gasteiger partial charge in [-0.05, 0) is 94.1 Å². The van der Waals surface area contributed by atoms with Crippen molar-refractivity contribution in [2.45, 2.75) is 44.9 Å². The molecule has 1 aromatic rings. The second kappa shape index (κ2) is 4.25. The summed E-state index contributed by atoms with van der Waals surface area (Å²) in [5.41, 5.74) is 2.13. The first-order valence-corrected chi connectivity index (χ1v) is 8.86. The van der Waals surface area contributed by atoms with Gasteiger partial charge in [0.05, 0.1) is 12.1 Å². The summed E-state index contributed by atoms with van der Waals surface area (Å²) in [6.07, 6.45) is 1.06. The molecule has 2 bridgehead atoms. The number of benzene rings is 1. The van der Waals surface area contributed by atoms with Crippen LogP contribution >= 0.6 is 31.9 Å². The first kappa shape index (κ1) is 14.1. The summed E-state index contributed by atoms with van der Waals surface area (Å²) < 4.78 is 7.73. The smallest absolute Gasteiger partial charge is 0.411 e. The van der Waals surface area contributed by atoms with Crippen molar-refractivity contribution in [3.63, 3.8) is 0 Å². The normalized spacial score (nSPS) is 32.0. The van der Waals surface area contributed by atoms with E-state index in [0.29, 0.717) is 11.8 Å². The van der Waals surface area contributed by atoms with Crippen molar-refractivity contribution in [2.24, 2.45) is 11.8 Å². The minimum absolute atomic E-state index is 0.173. The Kier molecular flexibility index (Phi) is 2.85. The van der Waals surface area contributed by atoms with E-state index >= 15 is 0 Å². The lowest BCUT2D eigenvalue weighted by Crippen LogP contribution is -2.36. The number of hydrogen-bond donors (Lipinski definition) is 0. The Labute approximate surface area is 141 Å². The fourth-order valence-electron chi connectivity index (χ4n) is 3.94. The number of ether oxygens (including phenoxy) is 1. The molecule has 5 heteroatoms. The summed E-state index contributed by atoms with van der Waals surface area (Å²) in [6, 6.07) is 4.73. The standard InChI is InChI=1S/C16H17Br2NO2/c1-16(2,3)21-15(20)19-13-7-4-8(7)14(19)10-6-12(18)11(17)5-9(10)13/h5-8,13-14H,4H2,1-3H3/t7-,8+,13-,14+. The molecule has 1 amide bonds. The third kappa shape index (κ3) is 2.00. The lowest BCUT2D eigenvalue weighted by atomic mass is 9.92. The third-order valence-corrected chi connectivity index (χ3v) is 6.51. The van der Waals surface area contributed by atoms with E-state index in [1.807, 2.05) is 25.7 Å². The van der Waals surface area contributed by atoms with Gasteiger partial charge in [-0.1, -0.05) is 0 Å². The van der Waals surface area contributed by atoms with Gasteiger partial charge in [0.25, 0.3) is 0 Å². The van der Waals surface area contributed by atoms with Crippen LogP contribution in [-0.4, -0.2) is 16.6 Å². The Bertz CT molecular complexity index is 611. The summed E-state index contributed by atoms with van der Waals surface area (Å²) >= 11 is 7.16. The Balaban J connectivity index is 1.73. The van der Waals surface area contributed by atoms with Crippen molar-refractivity contribution in [3.8, 4) is 0 Å². The van der Waals surface area contributed by atoms with Gasteiger partial charge in [-0.3, -0.25) is 4.90 Å². The zero-order chi connectivity index (χ0) is 15.1. The van der Waals surface area contributed by atoms with E-state index in [1.165, 1.54) is 17.5 Å². The highest BCUT2D eigenvalue weighted by Crippen LogP contribution is 2.71. The van der Waals surface area contributed by atoms with Crippen molar-refractivity contribution in [2.75, 3.05) is 0 Å². The molecule has 4 atom stereocenters. The van der Waals surface area contributed by atoms with Gasteiger partial charge in [-0.25, -0.2) is 4.79 Å². The Morgan fingerprint density at radius 3 is 2.05 bits per heavy atom. The molecule has 2 aliphatic heterocycles. The molecular formula is C16H17Br2NO2. The van der Waals surface area contributed by atoms with Crippen LogP contribution in [0.4, 0.5) is 4.79 Å². The van der Waals surface area contributed by atoms with Crippen LogP contribution in [0, 0.1) is 11.8 Å². The molecule has 1 aliphatic carbocycles. The van der Waals surface area contributed by atoms with Gasteiger partial charge < -0.3 is 4.74 Å². The van der Waals surface area contributed by atoms with Gasteiger partial charge in [0.15, 0.2) is 0 Å². The number of rotatable bonds is 0. The monoisotopic (exact) mass is 413 g/mol. The number of halogens is 2. The number of amides is 1. The molecule has 0 radical (unpaired) electrons. The van der Waals surface area contributed by atoms with Crippen molar-refractivity contribution >= 4 is 38.0 Å². The average Bonchev–Trinajstić information content (AvgIpc) is 2.99. The predicted molar refractivity (Wildman–Crippen MR) is 87.0 cm³/mol. The fourth-order valence-corrected chi connectivity index (χ4v) is 4.66. The Hall–Kier alpha value is -0.550. The summed E-state index contributed by atoms with van der Waals surface area (Å²) in [5, 5.41) is 0. The molecule has 0 spiro atoms. The van der Waals surface area contributed by atoms with Gasteiger partial charge in [0.2, 0.25) is 0 Å². The summed E-state index contributed by atoms with van der Waals surface area (Å²) in [7, 11) is 0. The van der Waals surface area contributed by atoms with E-state index in [2.05, 4.69) is 44.0 Å². The van der Waals surface area contributed by atoms with Gasteiger partial charge in [0, 0.05) is 8.95 Å². The van der Waals surface area contributed by atoms with Gasteiger partial charge >= 0.3 is 6.09 Å².